The monoisotopic (exact) mass is 317 g/mol. The molecule has 0 amide bonds. The molecule has 0 aromatic carbocycles. The zero-order chi connectivity index (χ0) is 14.0. The Bertz CT molecular complexity index is 568. The number of nitrogens with zero attached hydrogens (tertiary/aromatic N) is 3. The van der Waals surface area contributed by atoms with Gasteiger partial charge in [-0.25, -0.2) is 9.97 Å². The van der Waals surface area contributed by atoms with Crippen molar-refractivity contribution >= 4 is 46.1 Å². The van der Waals surface area contributed by atoms with E-state index < -0.39 is 0 Å². The summed E-state index contributed by atoms with van der Waals surface area (Å²) in [5, 5.41) is 1.06. The summed E-state index contributed by atoms with van der Waals surface area (Å²) in [5.74, 6) is 0.861. The number of fused-ring (bicyclic) bond motifs is 1. The van der Waals surface area contributed by atoms with Gasteiger partial charge in [0.1, 0.15) is 11.3 Å². The highest BCUT2D eigenvalue weighted by molar-refractivity contribution is 7.99. The summed E-state index contributed by atoms with van der Waals surface area (Å²) < 4.78 is 2.11. The van der Waals surface area contributed by atoms with E-state index in [1.165, 1.54) is 0 Å². The van der Waals surface area contributed by atoms with E-state index >= 15 is 0 Å². The van der Waals surface area contributed by atoms with Gasteiger partial charge in [0.2, 0.25) is 0 Å². The van der Waals surface area contributed by atoms with Crippen LogP contribution >= 0.6 is 35.0 Å². The second kappa shape index (κ2) is 6.33. The summed E-state index contributed by atoms with van der Waals surface area (Å²) in [5.41, 5.74) is 1.67. The number of halogens is 2. The van der Waals surface area contributed by atoms with E-state index in [0.29, 0.717) is 10.3 Å². The zero-order valence-corrected chi connectivity index (χ0v) is 13.6. The number of pyridine rings is 1. The Kier molecular flexibility index (Phi) is 4.98. The number of imidazole rings is 1. The highest BCUT2D eigenvalue weighted by Gasteiger charge is 2.16. The quantitative estimate of drug-likeness (QED) is 0.759. The lowest BCUT2D eigenvalue weighted by Crippen LogP contribution is -2.09. The van der Waals surface area contributed by atoms with Crippen LogP contribution in [-0.2, 0) is 6.54 Å². The fraction of sp³-hybridized carbons (Fsp3) is 0.538. The minimum absolute atomic E-state index is 0.141. The molecular weight excluding hydrogens is 301 g/mol. The van der Waals surface area contributed by atoms with Crippen molar-refractivity contribution in [3.05, 3.63) is 23.1 Å². The molecule has 6 heteroatoms. The van der Waals surface area contributed by atoms with E-state index in [-0.39, 0.29) is 5.38 Å². The minimum Gasteiger partial charge on any atom is -0.311 e. The molecule has 0 saturated carbocycles. The van der Waals surface area contributed by atoms with Gasteiger partial charge in [-0.2, -0.15) is 11.8 Å². The molecule has 0 fully saturated rings. The second-order valence-electron chi connectivity index (χ2n) is 4.57. The third-order valence-corrected chi connectivity index (χ3v) is 4.54. The van der Waals surface area contributed by atoms with Crippen LogP contribution in [0.15, 0.2) is 12.3 Å². The molecule has 19 heavy (non-hydrogen) atoms. The van der Waals surface area contributed by atoms with Crippen LogP contribution in [0.4, 0.5) is 0 Å². The molecule has 0 N–H and O–H groups in total. The standard InChI is InChI=1S/C13H17Cl2N3S/c1-8(19-3)4-5-18-12(9(2)14)17-11-6-10(15)7-16-13(11)18/h6-9H,4-5H2,1-3H3. The Labute approximate surface area is 127 Å². The molecule has 2 aromatic rings. The largest absolute Gasteiger partial charge is 0.311 e. The Morgan fingerprint density at radius 2 is 2.16 bits per heavy atom. The van der Waals surface area contributed by atoms with Crippen LogP contribution in [0.25, 0.3) is 11.2 Å². The SMILES string of the molecule is CSC(C)CCn1c(C(C)Cl)nc2cc(Cl)cnc21. The molecule has 0 saturated heterocycles. The topological polar surface area (TPSA) is 30.7 Å². The number of aromatic nitrogens is 3. The summed E-state index contributed by atoms with van der Waals surface area (Å²) in [6.45, 7) is 5.02. The van der Waals surface area contributed by atoms with Gasteiger partial charge in [0.15, 0.2) is 5.65 Å². The maximum absolute atomic E-state index is 6.22. The van der Waals surface area contributed by atoms with Gasteiger partial charge in [-0.05, 0) is 25.7 Å². The van der Waals surface area contributed by atoms with Gasteiger partial charge in [-0.3, -0.25) is 0 Å². The average Bonchev–Trinajstić information content (AvgIpc) is 2.73. The summed E-state index contributed by atoms with van der Waals surface area (Å²) in [6.07, 6.45) is 4.84. The molecule has 2 rings (SSSR count). The molecule has 0 bridgehead atoms. The fourth-order valence-corrected chi connectivity index (χ4v) is 2.62. The van der Waals surface area contributed by atoms with Gasteiger partial charge in [0.05, 0.1) is 10.4 Å². The van der Waals surface area contributed by atoms with E-state index in [0.717, 1.165) is 30.0 Å². The molecule has 0 aliphatic carbocycles. The van der Waals surface area contributed by atoms with E-state index in [2.05, 4.69) is 27.7 Å². The van der Waals surface area contributed by atoms with Crippen LogP contribution in [0.1, 0.15) is 31.5 Å². The van der Waals surface area contributed by atoms with Crippen LogP contribution in [0.2, 0.25) is 5.02 Å². The Hall–Kier alpha value is -0.450. The molecule has 2 unspecified atom stereocenters. The molecule has 0 aliphatic heterocycles. The lowest BCUT2D eigenvalue weighted by Gasteiger charge is -2.12. The molecule has 2 aromatic heterocycles. The van der Waals surface area contributed by atoms with Gasteiger partial charge in [-0.15, -0.1) is 11.6 Å². The first-order valence-electron chi connectivity index (χ1n) is 6.21. The third kappa shape index (κ3) is 3.36. The van der Waals surface area contributed by atoms with Crippen molar-refractivity contribution < 1.29 is 0 Å². The molecule has 0 spiro atoms. The van der Waals surface area contributed by atoms with Gasteiger partial charge < -0.3 is 4.57 Å². The lowest BCUT2D eigenvalue weighted by molar-refractivity contribution is 0.620. The van der Waals surface area contributed by atoms with E-state index in [4.69, 9.17) is 23.2 Å². The molecule has 0 aliphatic rings. The number of rotatable bonds is 5. The molecule has 3 nitrogen and oxygen atoms in total. The highest BCUT2D eigenvalue weighted by atomic mass is 35.5. The molecule has 0 radical (unpaired) electrons. The number of alkyl halides is 1. The first kappa shape index (κ1) is 14.9. The van der Waals surface area contributed by atoms with Crippen molar-refractivity contribution in [2.75, 3.05) is 6.26 Å². The summed E-state index contributed by atoms with van der Waals surface area (Å²) >= 11 is 14.0. The summed E-state index contributed by atoms with van der Waals surface area (Å²) in [7, 11) is 0. The molecule has 2 atom stereocenters. The van der Waals surface area contributed by atoms with Crippen molar-refractivity contribution in [2.45, 2.75) is 37.4 Å². The van der Waals surface area contributed by atoms with Gasteiger partial charge in [-0.1, -0.05) is 18.5 Å². The fourth-order valence-electron chi connectivity index (χ4n) is 1.96. The maximum atomic E-state index is 6.22. The zero-order valence-electron chi connectivity index (χ0n) is 11.2. The highest BCUT2D eigenvalue weighted by Crippen LogP contribution is 2.26. The van der Waals surface area contributed by atoms with Crippen LogP contribution in [-0.4, -0.2) is 26.0 Å². The van der Waals surface area contributed by atoms with Gasteiger partial charge in [0.25, 0.3) is 0 Å². The van der Waals surface area contributed by atoms with Crippen molar-refractivity contribution in [1.29, 1.82) is 0 Å². The van der Waals surface area contributed by atoms with Gasteiger partial charge in [0, 0.05) is 18.0 Å². The number of thioether (sulfide) groups is 1. The Morgan fingerprint density at radius 3 is 2.79 bits per heavy atom. The van der Waals surface area contributed by atoms with Crippen molar-refractivity contribution in [1.82, 2.24) is 14.5 Å². The van der Waals surface area contributed by atoms with Crippen molar-refractivity contribution in [3.63, 3.8) is 0 Å². The molecule has 104 valence electrons. The molecule has 2 heterocycles. The third-order valence-electron chi connectivity index (χ3n) is 3.10. The van der Waals surface area contributed by atoms with Crippen LogP contribution in [0, 0.1) is 0 Å². The minimum atomic E-state index is -0.141. The average molecular weight is 318 g/mol. The predicted molar refractivity (Wildman–Crippen MR) is 84.4 cm³/mol. The first-order chi connectivity index (χ1) is 9.02. The smallest absolute Gasteiger partial charge is 0.160 e. The van der Waals surface area contributed by atoms with Crippen molar-refractivity contribution in [3.8, 4) is 0 Å². The Morgan fingerprint density at radius 1 is 1.42 bits per heavy atom. The normalized spacial score (nSPS) is 14.8. The number of aryl methyl sites for hydroxylation is 1. The van der Waals surface area contributed by atoms with Crippen LogP contribution in [0.5, 0.6) is 0 Å². The van der Waals surface area contributed by atoms with Crippen molar-refractivity contribution in [2.24, 2.45) is 0 Å². The molecular formula is C13H17Cl2N3S. The summed E-state index contributed by atoms with van der Waals surface area (Å²) in [4.78, 5) is 8.94. The summed E-state index contributed by atoms with van der Waals surface area (Å²) in [6, 6.07) is 1.83. The van der Waals surface area contributed by atoms with E-state index in [1.54, 1.807) is 6.20 Å². The predicted octanol–water partition coefficient (Wildman–Crippen LogP) is 4.53. The van der Waals surface area contributed by atoms with Gasteiger partial charge >= 0.3 is 0 Å². The first-order valence-corrected chi connectivity index (χ1v) is 8.31. The van der Waals surface area contributed by atoms with Crippen LogP contribution in [0.3, 0.4) is 0 Å². The maximum Gasteiger partial charge on any atom is 0.160 e. The van der Waals surface area contributed by atoms with E-state index in [1.807, 2.05) is 24.8 Å². The van der Waals surface area contributed by atoms with Crippen LogP contribution < -0.4 is 0 Å². The lowest BCUT2D eigenvalue weighted by atomic mass is 10.3. The van der Waals surface area contributed by atoms with E-state index in [9.17, 15) is 0 Å². The number of hydrogen-bond acceptors (Lipinski definition) is 3. The number of hydrogen-bond donors (Lipinski definition) is 0. The Balaban J connectivity index is 2.40. The second-order valence-corrected chi connectivity index (χ2v) is 6.94.